The number of carbonyl (C=O) groups is 1. The van der Waals surface area contributed by atoms with Crippen LogP contribution in [0.3, 0.4) is 0 Å². The zero-order chi connectivity index (χ0) is 13.7. The standard InChI is InChI=1S/C14H20BrNO2/c1-9(2)13(15)14(17)16-10(3)11-5-7-12(18-4)8-6-11/h5-10,13H,1-4H3,(H,16,17)/t10-,13+/m0/s1. The number of ether oxygens (including phenoxy) is 1. The van der Waals surface area contributed by atoms with Gasteiger partial charge in [0.2, 0.25) is 5.91 Å². The van der Waals surface area contributed by atoms with E-state index in [0.29, 0.717) is 0 Å². The van der Waals surface area contributed by atoms with Crippen LogP contribution in [-0.2, 0) is 4.79 Å². The van der Waals surface area contributed by atoms with E-state index in [1.165, 1.54) is 0 Å². The van der Waals surface area contributed by atoms with Crippen LogP contribution in [0, 0.1) is 5.92 Å². The summed E-state index contributed by atoms with van der Waals surface area (Å²) in [6, 6.07) is 7.70. The quantitative estimate of drug-likeness (QED) is 0.847. The molecule has 0 saturated heterocycles. The van der Waals surface area contributed by atoms with Crippen LogP contribution in [0.2, 0.25) is 0 Å². The third kappa shape index (κ3) is 4.02. The van der Waals surface area contributed by atoms with Gasteiger partial charge in [-0.15, -0.1) is 0 Å². The summed E-state index contributed by atoms with van der Waals surface area (Å²) in [6.45, 7) is 5.99. The first kappa shape index (κ1) is 15.0. The Labute approximate surface area is 117 Å². The molecule has 18 heavy (non-hydrogen) atoms. The Balaban J connectivity index is 2.64. The van der Waals surface area contributed by atoms with E-state index in [4.69, 9.17) is 4.74 Å². The number of nitrogens with one attached hydrogen (secondary N) is 1. The summed E-state index contributed by atoms with van der Waals surface area (Å²) < 4.78 is 5.10. The van der Waals surface area contributed by atoms with Crippen LogP contribution in [0.1, 0.15) is 32.4 Å². The van der Waals surface area contributed by atoms with Crippen LogP contribution < -0.4 is 10.1 Å². The monoisotopic (exact) mass is 313 g/mol. The molecule has 0 bridgehead atoms. The van der Waals surface area contributed by atoms with Gasteiger partial charge in [-0.05, 0) is 30.5 Å². The molecule has 0 aliphatic rings. The van der Waals surface area contributed by atoms with Crippen LogP contribution in [0.25, 0.3) is 0 Å². The molecular formula is C14H20BrNO2. The number of rotatable bonds is 5. The smallest absolute Gasteiger partial charge is 0.234 e. The van der Waals surface area contributed by atoms with Crippen LogP contribution in [0.5, 0.6) is 5.75 Å². The van der Waals surface area contributed by atoms with E-state index in [9.17, 15) is 4.79 Å². The van der Waals surface area contributed by atoms with Gasteiger partial charge in [-0.3, -0.25) is 4.79 Å². The molecule has 2 atom stereocenters. The highest BCUT2D eigenvalue weighted by atomic mass is 79.9. The average Bonchev–Trinajstić information content (AvgIpc) is 2.37. The fourth-order valence-electron chi connectivity index (χ4n) is 1.57. The van der Waals surface area contributed by atoms with Crippen molar-refractivity contribution >= 4 is 21.8 Å². The summed E-state index contributed by atoms with van der Waals surface area (Å²) in [6.07, 6.45) is 0. The lowest BCUT2D eigenvalue weighted by molar-refractivity contribution is -0.121. The summed E-state index contributed by atoms with van der Waals surface area (Å²) in [7, 11) is 1.64. The molecule has 0 aromatic heterocycles. The fraction of sp³-hybridized carbons (Fsp3) is 0.500. The molecule has 4 heteroatoms. The molecule has 1 N–H and O–H groups in total. The van der Waals surface area contributed by atoms with E-state index in [1.54, 1.807) is 7.11 Å². The Hall–Kier alpha value is -1.03. The van der Waals surface area contributed by atoms with Crippen molar-refractivity contribution in [1.82, 2.24) is 5.32 Å². The predicted molar refractivity (Wildman–Crippen MR) is 77.1 cm³/mol. The highest BCUT2D eigenvalue weighted by molar-refractivity contribution is 9.10. The highest BCUT2D eigenvalue weighted by Gasteiger charge is 2.20. The summed E-state index contributed by atoms with van der Waals surface area (Å²) in [4.78, 5) is 11.8. The van der Waals surface area contributed by atoms with Crippen molar-refractivity contribution in [2.75, 3.05) is 7.11 Å². The number of carbonyl (C=O) groups excluding carboxylic acids is 1. The first-order valence-electron chi connectivity index (χ1n) is 6.04. The Bertz CT molecular complexity index is 389. The predicted octanol–water partition coefficient (Wildman–Crippen LogP) is 3.29. The third-order valence-corrected chi connectivity index (χ3v) is 4.28. The Morgan fingerprint density at radius 2 is 1.78 bits per heavy atom. The number of amides is 1. The topological polar surface area (TPSA) is 38.3 Å². The zero-order valence-corrected chi connectivity index (χ0v) is 12.8. The summed E-state index contributed by atoms with van der Waals surface area (Å²) in [5.74, 6) is 1.11. The van der Waals surface area contributed by atoms with Gasteiger partial charge in [0.05, 0.1) is 18.0 Å². The molecule has 1 aromatic rings. The maximum Gasteiger partial charge on any atom is 0.234 e. The van der Waals surface area contributed by atoms with Gasteiger partial charge in [0.15, 0.2) is 0 Å². The Morgan fingerprint density at radius 3 is 2.22 bits per heavy atom. The van der Waals surface area contributed by atoms with Gasteiger partial charge < -0.3 is 10.1 Å². The van der Waals surface area contributed by atoms with Crippen LogP contribution >= 0.6 is 15.9 Å². The zero-order valence-electron chi connectivity index (χ0n) is 11.2. The van der Waals surface area contributed by atoms with Crippen LogP contribution in [-0.4, -0.2) is 17.8 Å². The normalized spacial score (nSPS) is 14.1. The molecular weight excluding hydrogens is 294 g/mol. The van der Waals surface area contributed by atoms with Gasteiger partial charge in [-0.1, -0.05) is 41.9 Å². The van der Waals surface area contributed by atoms with Gasteiger partial charge in [0, 0.05) is 0 Å². The number of hydrogen-bond donors (Lipinski definition) is 1. The van der Waals surface area contributed by atoms with Gasteiger partial charge in [0.1, 0.15) is 5.75 Å². The number of benzene rings is 1. The number of methoxy groups -OCH3 is 1. The first-order valence-corrected chi connectivity index (χ1v) is 6.95. The summed E-state index contributed by atoms with van der Waals surface area (Å²) in [5.41, 5.74) is 1.06. The lowest BCUT2D eigenvalue weighted by Gasteiger charge is -2.19. The minimum absolute atomic E-state index is 0.0118. The second kappa shape index (κ2) is 6.78. The second-order valence-electron chi connectivity index (χ2n) is 4.65. The lowest BCUT2D eigenvalue weighted by atomic mass is 10.1. The molecule has 0 aliphatic heterocycles. The molecule has 100 valence electrons. The van der Waals surface area contributed by atoms with Gasteiger partial charge >= 0.3 is 0 Å². The molecule has 0 fully saturated rings. The first-order chi connectivity index (χ1) is 8.45. The minimum Gasteiger partial charge on any atom is -0.497 e. The Morgan fingerprint density at radius 1 is 1.22 bits per heavy atom. The van der Waals surface area contributed by atoms with Crippen molar-refractivity contribution < 1.29 is 9.53 Å². The van der Waals surface area contributed by atoms with Crippen molar-refractivity contribution in [3.8, 4) is 5.75 Å². The fourth-order valence-corrected chi connectivity index (χ4v) is 1.70. The molecule has 0 unspecified atom stereocenters. The largest absolute Gasteiger partial charge is 0.497 e. The molecule has 0 radical (unpaired) electrons. The number of alkyl halides is 1. The van der Waals surface area contributed by atoms with E-state index >= 15 is 0 Å². The number of hydrogen-bond acceptors (Lipinski definition) is 2. The Kier molecular flexibility index (Phi) is 5.66. The van der Waals surface area contributed by atoms with Crippen molar-refractivity contribution in [2.24, 2.45) is 5.92 Å². The second-order valence-corrected chi connectivity index (χ2v) is 5.64. The molecule has 0 heterocycles. The summed E-state index contributed by atoms with van der Waals surface area (Å²) >= 11 is 3.40. The van der Waals surface area contributed by atoms with E-state index < -0.39 is 0 Å². The van der Waals surface area contributed by atoms with E-state index in [-0.39, 0.29) is 22.7 Å². The SMILES string of the molecule is COc1ccc([C@H](C)NC(=O)[C@H](Br)C(C)C)cc1. The lowest BCUT2D eigenvalue weighted by Crippen LogP contribution is -2.35. The van der Waals surface area contributed by atoms with Crippen LogP contribution in [0.4, 0.5) is 0 Å². The molecule has 3 nitrogen and oxygen atoms in total. The molecule has 1 aromatic carbocycles. The average molecular weight is 314 g/mol. The molecule has 0 saturated carbocycles. The maximum absolute atomic E-state index is 11.9. The van der Waals surface area contributed by atoms with Crippen molar-refractivity contribution in [1.29, 1.82) is 0 Å². The highest BCUT2D eigenvalue weighted by Crippen LogP contribution is 2.19. The maximum atomic E-state index is 11.9. The number of halogens is 1. The van der Waals surface area contributed by atoms with Crippen molar-refractivity contribution in [2.45, 2.75) is 31.6 Å². The molecule has 0 spiro atoms. The minimum atomic E-state index is -0.154. The molecule has 1 amide bonds. The molecule has 0 aliphatic carbocycles. The van der Waals surface area contributed by atoms with Gasteiger partial charge in [-0.2, -0.15) is 0 Å². The van der Waals surface area contributed by atoms with Gasteiger partial charge in [0.25, 0.3) is 0 Å². The van der Waals surface area contributed by atoms with Crippen molar-refractivity contribution in [3.63, 3.8) is 0 Å². The summed E-state index contributed by atoms with van der Waals surface area (Å²) in [5, 5.41) is 2.99. The van der Waals surface area contributed by atoms with E-state index in [1.807, 2.05) is 45.0 Å². The van der Waals surface area contributed by atoms with Gasteiger partial charge in [-0.25, -0.2) is 0 Å². The van der Waals surface area contributed by atoms with E-state index in [2.05, 4.69) is 21.2 Å². The molecule has 1 rings (SSSR count). The van der Waals surface area contributed by atoms with Crippen LogP contribution in [0.15, 0.2) is 24.3 Å². The van der Waals surface area contributed by atoms with E-state index in [0.717, 1.165) is 11.3 Å². The van der Waals surface area contributed by atoms with Crippen molar-refractivity contribution in [3.05, 3.63) is 29.8 Å². The third-order valence-electron chi connectivity index (χ3n) is 2.81.